The number of aliphatic hydroxyl groups is 1. The standard InChI is InChI=1S/C9H12N4O4/c14-4-5-1-7(15)13(3-5)9-10-6(11-12-9)2-8(16)17/h5,14H,1-4H2,(H,16,17)(H,10,11,12). The maximum absolute atomic E-state index is 11.6. The summed E-state index contributed by atoms with van der Waals surface area (Å²) in [5, 5.41) is 23.8. The number of nitrogens with zero attached hydrogens (tertiary/aromatic N) is 3. The van der Waals surface area contributed by atoms with Crippen LogP contribution in [-0.2, 0) is 16.0 Å². The van der Waals surface area contributed by atoms with Gasteiger partial charge in [0, 0.05) is 25.5 Å². The third-order valence-electron chi connectivity index (χ3n) is 2.54. The van der Waals surface area contributed by atoms with Crippen molar-refractivity contribution in [1.82, 2.24) is 15.2 Å². The molecule has 1 amide bonds. The van der Waals surface area contributed by atoms with Gasteiger partial charge in [-0.2, -0.15) is 4.98 Å². The highest BCUT2D eigenvalue weighted by molar-refractivity contribution is 5.94. The molecule has 92 valence electrons. The molecule has 2 heterocycles. The molecule has 1 aliphatic heterocycles. The van der Waals surface area contributed by atoms with Crippen LogP contribution in [0.4, 0.5) is 5.95 Å². The van der Waals surface area contributed by atoms with Gasteiger partial charge >= 0.3 is 5.97 Å². The van der Waals surface area contributed by atoms with Crippen LogP contribution in [0, 0.1) is 5.92 Å². The number of carbonyl (C=O) groups is 2. The van der Waals surface area contributed by atoms with Crippen molar-refractivity contribution < 1.29 is 19.8 Å². The van der Waals surface area contributed by atoms with E-state index in [4.69, 9.17) is 10.2 Å². The van der Waals surface area contributed by atoms with Crippen molar-refractivity contribution in [3.05, 3.63) is 5.82 Å². The molecule has 0 bridgehead atoms. The third kappa shape index (κ3) is 2.41. The first kappa shape index (κ1) is 11.5. The summed E-state index contributed by atoms with van der Waals surface area (Å²) < 4.78 is 0. The van der Waals surface area contributed by atoms with Crippen molar-refractivity contribution in [2.24, 2.45) is 5.92 Å². The van der Waals surface area contributed by atoms with Crippen LogP contribution in [0.25, 0.3) is 0 Å². The fraction of sp³-hybridized carbons (Fsp3) is 0.556. The van der Waals surface area contributed by atoms with Crippen molar-refractivity contribution >= 4 is 17.8 Å². The van der Waals surface area contributed by atoms with Crippen LogP contribution in [-0.4, -0.2) is 50.4 Å². The normalized spacial score (nSPS) is 19.9. The molecule has 2 rings (SSSR count). The molecule has 8 nitrogen and oxygen atoms in total. The number of carboxylic acids is 1. The van der Waals surface area contributed by atoms with Crippen LogP contribution < -0.4 is 4.90 Å². The Kier molecular flexibility index (Phi) is 3.05. The van der Waals surface area contributed by atoms with E-state index in [9.17, 15) is 9.59 Å². The average Bonchev–Trinajstić information content (AvgIpc) is 2.83. The number of amides is 1. The van der Waals surface area contributed by atoms with E-state index in [-0.39, 0.29) is 43.0 Å². The molecule has 1 unspecified atom stereocenters. The zero-order valence-corrected chi connectivity index (χ0v) is 8.96. The molecule has 1 saturated heterocycles. The highest BCUT2D eigenvalue weighted by Gasteiger charge is 2.32. The van der Waals surface area contributed by atoms with E-state index in [0.717, 1.165) is 0 Å². The summed E-state index contributed by atoms with van der Waals surface area (Å²) in [5.41, 5.74) is 0. The molecule has 0 aliphatic carbocycles. The number of nitrogens with one attached hydrogen (secondary N) is 1. The number of carbonyl (C=O) groups excluding carboxylic acids is 1. The number of anilines is 1. The molecule has 0 radical (unpaired) electrons. The lowest BCUT2D eigenvalue weighted by atomic mass is 10.1. The number of hydrogen-bond donors (Lipinski definition) is 3. The quantitative estimate of drug-likeness (QED) is 0.606. The topological polar surface area (TPSA) is 119 Å². The number of aromatic nitrogens is 3. The molecule has 1 atom stereocenters. The number of aliphatic hydroxyl groups excluding tert-OH is 1. The van der Waals surface area contributed by atoms with Crippen LogP contribution in [0.2, 0.25) is 0 Å². The fourth-order valence-electron chi connectivity index (χ4n) is 1.73. The maximum atomic E-state index is 11.6. The van der Waals surface area contributed by atoms with Crippen molar-refractivity contribution in [2.75, 3.05) is 18.1 Å². The largest absolute Gasteiger partial charge is 0.481 e. The van der Waals surface area contributed by atoms with Gasteiger partial charge in [-0.05, 0) is 0 Å². The number of hydrogen-bond acceptors (Lipinski definition) is 5. The molecule has 17 heavy (non-hydrogen) atoms. The van der Waals surface area contributed by atoms with Gasteiger partial charge in [0.05, 0.1) is 0 Å². The molecule has 1 aromatic heterocycles. The molecule has 0 aromatic carbocycles. The Hall–Kier alpha value is -1.96. The van der Waals surface area contributed by atoms with Crippen molar-refractivity contribution in [1.29, 1.82) is 0 Å². The minimum absolute atomic E-state index is 0.0609. The van der Waals surface area contributed by atoms with Gasteiger partial charge in [-0.25, -0.2) is 0 Å². The second-order valence-corrected chi connectivity index (χ2v) is 3.91. The summed E-state index contributed by atoms with van der Waals surface area (Å²) in [6.07, 6.45) is -0.00222. The summed E-state index contributed by atoms with van der Waals surface area (Å²) in [6.45, 7) is 0.300. The second kappa shape index (κ2) is 4.50. The van der Waals surface area contributed by atoms with E-state index < -0.39 is 5.97 Å². The summed E-state index contributed by atoms with van der Waals surface area (Å²) in [5.74, 6) is -0.919. The summed E-state index contributed by atoms with van der Waals surface area (Å²) in [7, 11) is 0. The summed E-state index contributed by atoms with van der Waals surface area (Å²) in [4.78, 5) is 27.3. The van der Waals surface area contributed by atoms with Crippen LogP contribution in [0.15, 0.2) is 0 Å². The highest BCUT2D eigenvalue weighted by Crippen LogP contribution is 2.21. The van der Waals surface area contributed by atoms with Crippen molar-refractivity contribution in [3.8, 4) is 0 Å². The van der Waals surface area contributed by atoms with Gasteiger partial charge in [-0.15, -0.1) is 5.10 Å². The van der Waals surface area contributed by atoms with Gasteiger partial charge in [0.1, 0.15) is 12.2 Å². The predicted octanol–water partition coefficient (Wildman–Crippen LogP) is -1.22. The van der Waals surface area contributed by atoms with Gasteiger partial charge < -0.3 is 10.2 Å². The third-order valence-corrected chi connectivity index (χ3v) is 2.54. The molecule has 0 saturated carbocycles. The summed E-state index contributed by atoms with van der Waals surface area (Å²) >= 11 is 0. The Morgan fingerprint density at radius 1 is 1.59 bits per heavy atom. The van der Waals surface area contributed by atoms with Crippen LogP contribution in [0.1, 0.15) is 12.2 Å². The second-order valence-electron chi connectivity index (χ2n) is 3.91. The Morgan fingerprint density at radius 3 is 2.94 bits per heavy atom. The van der Waals surface area contributed by atoms with Crippen LogP contribution in [0.5, 0.6) is 0 Å². The first-order valence-corrected chi connectivity index (χ1v) is 5.14. The van der Waals surface area contributed by atoms with Gasteiger partial charge in [0.2, 0.25) is 5.91 Å². The fourth-order valence-corrected chi connectivity index (χ4v) is 1.73. The van der Waals surface area contributed by atoms with E-state index >= 15 is 0 Å². The first-order chi connectivity index (χ1) is 8.10. The van der Waals surface area contributed by atoms with Gasteiger partial charge in [-0.1, -0.05) is 0 Å². The molecular weight excluding hydrogens is 228 g/mol. The van der Waals surface area contributed by atoms with E-state index in [2.05, 4.69) is 15.2 Å². The lowest BCUT2D eigenvalue weighted by Crippen LogP contribution is -2.26. The van der Waals surface area contributed by atoms with Crippen LogP contribution >= 0.6 is 0 Å². The molecular formula is C9H12N4O4. The Balaban J connectivity index is 2.10. The first-order valence-electron chi connectivity index (χ1n) is 5.14. The van der Waals surface area contributed by atoms with Crippen molar-refractivity contribution in [3.63, 3.8) is 0 Å². The number of rotatable bonds is 4. The Morgan fingerprint density at radius 2 is 2.35 bits per heavy atom. The lowest BCUT2D eigenvalue weighted by molar-refractivity contribution is -0.136. The van der Waals surface area contributed by atoms with E-state index in [0.29, 0.717) is 6.54 Å². The molecule has 1 fully saturated rings. The highest BCUT2D eigenvalue weighted by atomic mass is 16.4. The van der Waals surface area contributed by atoms with E-state index in [1.807, 2.05) is 0 Å². The van der Waals surface area contributed by atoms with Gasteiger partial charge in [0.25, 0.3) is 5.95 Å². The number of aliphatic carboxylic acids is 1. The number of carboxylic acid groups (broad SMARTS) is 1. The smallest absolute Gasteiger partial charge is 0.311 e. The molecule has 1 aliphatic rings. The average molecular weight is 240 g/mol. The SMILES string of the molecule is O=C(O)Cc1nc(N2CC(CO)CC2=O)n[nH]1. The van der Waals surface area contributed by atoms with Gasteiger partial charge in [-0.3, -0.25) is 19.6 Å². The zero-order valence-electron chi connectivity index (χ0n) is 8.96. The van der Waals surface area contributed by atoms with E-state index in [1.54, 1.807) is 0 Å². The Labute approximate surface area is 96.3 Å². The maximum Gasteiger partial charge on any atom is 0.311 e. The molecule has 8 heteroatoms. The zero-order chi connectivity index (χ0) is 12.4. The van der Waals surface area contributed by atoms with E-state index in [1.165, 1.54) is 4.90 Å². The molecule has 1 aromatic rings. The lowest BCUT2D eigenvalue weighted by Gasteiger charge is -2.10. The number of H-pyrrole nitrogens is 1. The van der Waals surface area contributed by atoms with Crippen molar-refractivity contribution in [2.45, 2.75) is 12.8 Å². The monoisotopic (exact) mass is 240 g/mol. The predicted molar refractivity (Wildman–Crippen MR) is 55.3 cm³/mol. The Bertz CT molecular complexity index is 444. The van der Waals surface area contributed by atoms with Gasteiger partial charge in [0.15, 0.2) is 0 Å². The number of aromatic amines is 1. The minimum Gasteiger partial charge on any atom is -0.481 e. The molecule has 3 N–H and O–H groups in total. The molecule has 0 spiro atoms. The van der Waals surface area contributed by atoms with Crippen LogP contribution in [0.3, 0.4) is 0 Å². The minimum atomic E-state index is -1.02. The summed E-state index contributed by atoms with van der Waals surface area (Å²) in [6, 6.07) is 0.